The first kappa shape index (κ1) is 16.3. The Hall–Kier alpha value is -3.09. The summed E-state index contributed by atoms with van der Waals surface area (Å²) in [6.07, 6.45) is 3.21. The highest BCUT2D eigenvalue weighted by Gasteiger charge is 2.15. The second-order valence-corrected chi connectivity index (χ2v) is 4.71. The smallest absolute Gasteiger partial charge is 0.338 e. The van der Waals surface area contributed by atoms with Crippen LogP contribution in [0.15, 0.2) is 48.8 Å². The van der Waals surface area contributed by atoms with Gasteiger partial charge in [-0.15, -0.1) is 0 Å². The highest BCUT2D eigenvalue weighted by atomic mass is 16.6. The summed E-state index contributed by atoms with van der Waals surface area (Å²) in [6, 6.07) is 8.58. The van der Waals surface area contributed by atoms with Crippen LogP contribution in [0.3, 0.4) is 0 Å². The lowest BCUT2D eigenvalue weighted by Crippen LogP contribution is -2.37. The van der Waals surface area contributed by atoms with Crippen LogP contribution in [-0.4, -0.2) is 23.3 Å². The summed E-state index contributed by atoms with van der Waals surface area (Å²) in [4.78, 5) is 33.7. The molecule has 2 rings (SSSR count). The van der Waals surface area contributed by atoms with Crippen molar-refractivity contribution in [2.24, 2.45) is 0 Å². The Kier molecular flexibility index (Phi) is 5.14. The molecule has 0 spiro atoms. The van der Waals surface area contributed by atoms with Gasteiger partial charge in [0.15, 0.2) is 12.4 Å². The third kappa shape index (κ3) is 4.19. The molecular formula is C16H15N2O5+. The molecule has 23 heavy (non-hydrogen) atoms. The molecule has 1 heterocycles. The number of pyridine rings is 1. The van der Waals surface area contributed by atoms with E-state index in [0.29, 0.717) is 17.7 Å². The van der Waals surface area contributed by atoms with E-state index in [2.05, 4.69) is 0 Å². The molecule has 0 amide bonds. The minimum atomic E-state index is -0.517. The molecule has 0 N–H and O–H groups in total. The molecule has 0 aliphatic carbocycles. The maximum absolute atomic E-state index is 12.1. The lowest BCUT2D eigenvalue weighted by molar-refractivity contribution is -0.683. The van der Waals surface area contributed by atoms with E-state index in [4.69, 9.17) is 4.74 Å². The second-order valence-electron chi connectivity index (χ2n) is 4.71. The number of Topliss-reactive ketones (excluding diaryl/α,β-unsaturated/α-hetero) is 1. The minimum Gasteiger partial charge on any atom is -0.462 e. The van der Waals surface area contributed by atoms with Crippen molar-refractivity contribution >= 4 is 17.4 Å². The van der Waals surface area contributed by atoms with Crippen molar-refractivity contribution in [3.63, 3.8) is 0 Å². The van der Waals surface area contributed by atoms with Crippen LogP contribution in [0.1, 0.15) is 27.6 Å². The van der Waals surface area contributed by atoms with Crippen LogP contribution < -0.4 is 4.57 Å². The lowest BCUT2D eigenvalue weighted by atomic mass is 10.1. The average Bonchev–Trinajstić information content (AvgIpc) is 2.55. The predicted molar refractivity (Wildman–Crippen MR) is 80.0 cm³/mol. The van der Waals surface area contributed by atoms with E-state index in [1.54, 1.807) is 36.0 Å². The van der Waals surface area contributed by atoms with Crippen LogP contribution in [0.2, 0.25) is 0 Å². The monoisotopic (exact) mass is 315 g/mol. The zero-order valence-electron chi connectivity index (χ0n) is 12.5. The molecule has 0 saturated carbocycles. The van der Waals surface area contributed by atoms with E-state index in [-0.39, 0.29) is 18.0 Å². The Morgan fingerprint density at radius 2 is 1.70 bits per heavy atom. The molecule has 0 bridgehead atoms. The number of nitro groups is 1. The number of non-ortho nitro benzene ring substituents is 1. The van der Waals surface area contributed by atoms with Gasteiger partial charge in [-0.25, -0.2) is 4.79 Å². The summed E-state index contributed by atoms with van der Waals surface area (Å²) in [5.41, 5.74) is 0.733. The standard InChI is InChI=1S/C16H15N2O5/c1-2-23-16(20)13-7-9-17(10-8-13)11-15(19)12-3-5-14(6-4-12)18(21)22/h3-10H,2,11H2,1H3/q+1. The largest absolute Gasteiger partial charge is 0.462 e. The van der Waals surface area contributed by atoms with Gasteiger partial charge in [0.1, 0.15) is 0 Å². The molecule has 1 aromatic heterocycles. The van der Waals surface area contributed by atoms with Crippen molar-refractivity contribution in [2.75, 3.05) is 6.61 Å². The summed E-state index contributed by atoms with van der Waals surface area (Å²) in [7, 11) is 0. The number of esters is 1. The summed E-state index contributed by atoms with van der Waals surface area (Å²) in [5.74, 6) is -0.602. The van der Waals surface area contributed by atoms with Gasteiger partial charge in [-0.05, 0) is 19.1 Å². The number of ketones is 1. The van der Waals surface area contributed by atoms with E-state index in [0.717, 1.165) is 0 Å². The zero-order valence-corrected chi connectivity index (χ0v) is 12.5. The molecule has 0 aliphatic rings. The van der Waals surface area contributed by atoms with Crippen LogP contribution in [0.4, 0.5) is 5.69 Å². The topological polar surface area (TPSA) is 90.4 Å². The van der Waals surface area contributed by atoms with Gasteiger partial charge in [-0.3, -0.25) is 14.9 Å². The van der Waals surface area contributed by atoms with Gasteiger partial charge in [-0.1, -0.05) is 0 Å². The summed E-state index contributed by atoms with van der Waals surface area (Å²) >= 11 is 0. The van der Waals surface area contributed by atoms with Gasteiger partial charge in [-0.2, -0.15) is 4.57 Å². The summed E-state index contributed by atoms with van der Waals surface area (Å²) in [5, 5.41) is 10.6. The van der Waals surface area contributed by atoms with E-state index < -0.39 is 10.9 Å². The molecule has 0 aliphatic heterocycles. The molecule has 0 radical (unpaired) electrons. The first-order valence-corrected chi connectivity index (χ1v) is 6.95. The quantitative estimate of drug-likeness (QED) is 0.267. The number of nitro benzene ring substituents is 1. The van der Waals surface area contributed by atoms with Crippen molar-refractivity contribution in [2.45, 2.75) is 13.5 Å². The maximum atomic E-state index is 12.1. The minimum absolute atomic E-state index is 0.0620. The van der Waals surface area contributed by atoms with Crippen molar-refractivity contribution in [1.82, 2.24) is 0 Å². The van der Waals surface area contributed by atoms with Gasteiger partial charge in [0.25, 0.3) is 5.69 Å². The molecule has 0 saturated heterocycles. The number of benzene rings is 1. The van der Waals surface area contributed by atoms with Gasteiger partial charge in [0, 0.05) is 29.8 Å². The Bertz CT molecular complexity index is 723. The van der Waals surface area contributed by atoms with Crippen LogP contribution in [-0.2, 0) is 11.3 Å². The normalized spacial score (nSPS) is 10.1. The first-order valence-electron chi connectivity index (χ1n) is 6.95. The zero-order chi connectivity index (χ0) is 16.8. The van der Waals surface area contributed by atoms with Gasteiger partial charge in [0.05, 0.1) is 17.1 Å². The Morgan fingerprint density at radius 1 is 1.09 bits per heavy atom. The van der Waals surface area contributed by atoms with E-state index in [1.165, 1.54) is 24.3 Å². The van der Waals surface area contributed by atoms with E-state index >= 15 is 0 Å². The number of ether oxygens (including phenoxy) is 1. The number of rotatable bonds is 6. The molecule has 0 atom stereocenters. The average molecular weight is 315 g/mol. The van der Waals surface area contributed by atoms with E-state index in [1.807, 2.05) is 0 Å². The summed E-state index contributed by atoms with van der Waals surface area (Å²) < 4.78 is 6.50. The third-order valence-electron chi connectivity index (χ3n) is 3.13. The number of nitrogens with zero attached hydrogens (tertiary/aromatic N) is 2. The molecule has 118 valence electrons. The van der Waals surface area contributed by atoms with Crippen molar-refractivity contribution in [1.29, 1.82) is 0 Å². The SMILES string of the molecule is CCOC(=O)c1cc[n+](CC(=O)c2ccc([N+](=O)[O-])cc2)cc1. The molecule has 7 nitrogen and oxygen atoms in total. The Morgan fingerprint density at radius 3 is 2.22 bits per heavy atom. The van der Waals surface area contributed by atoms with Crippen molar-refractivity contribution in [3.8, 4) is 0 Å². The third-order valence-corrected chi connectivity index (χ3v) is 3.13. The molecule has 2 aromatic rings. The number of hydrogen-bond acceptors (Lipinski definition) is 5. The van der Waals surface area contributed by atoms with Crippen LogP contribution in [0.5, 0.6) is 0 Å². The molecule has 0 fully saturated rings. The van der Waals surface area contributed by atoms with Gasteiger partial charge < -0.3 is 4.74 Å². The van der Waals surface area contributed by atoms with Crippen LogP contribution >= 0.6 is 0 Å². The van der Waals surface area contributed by atoms with Crippen LogP contribution in [0.25, 0.3) is 0 Å². The fourth-order valence-electron chi connectivity index (χ4n) is 1.94. The molecular weight excluding hydrogens is 300 g/mol. The van der Waals surface area contributed by atoms with E-state index in [9.17, 15) is 19.7 Å². The Balaban J connectivity index is 2.05. The van der Waals surface area contributed by atoms with Gasteiger partial charge in [0.2, 0.25) is 12.3 Å². The fraction of sp³-hybridized carbons (Fsp3) is 0.188. The maximum Gasteiger partial charge on any atom is 0.338 e. The molecule has 0 unspecified atom stereocenters. The highest BCUT2D eigenvalue weighted by molar-refractivity contribution is 5.95. The Labute approximate surface area is 132 Å². The lowest BCUT2D eigenvalue weighted by Gasteiger charge is -2.01. The predicted octanol–water partition coefficient (Wildman–Crippen LogP) is 1.94. The number of carbonyl (C=O) groups is 2. The number of aromatic nitrogens is 1. The highest BCUT2D eigenvalue weighted by Crippen LogP contribution is 2.12. The molecule has 1 aromatic carbocycles. The van der Waals surface area contributed by atoms with Crippen molar-refractivity contribution in [3.05, 3.63) is 70.0 Å². The number of hydrogen-bond donors (Lipinski definition) is 0. The van der Waals surface area contributed by atoms with Gasteiger partial charge >= 0.3 is 5.97 Å². The summed E-state index contributed by atoms with van der Waals surface area (Å²) in [6.45, 7) is 2.09. The van der Waals surface area contributed by atoms with Crippen molar-refractivity contribution < 1.29 is 23.8 Å². The van der Waals surface area contributed by atoms with Crippen LogP contribution in [0, 0.1) is 10.1 Å². The molecule has 7 heteroatoms. The first-order chi connectivity index (χ1) is 11.0. The fourth-order valence-corrected chi connectivity index (χ4v) is 1.94. The second kappa shape index (κ2) is 7.26. The number of carbonyl (C=O) groups excluding carboxylic acids is 2.